The first-order chi connectivity index (χ1) is 12.1. The van der Waals surface area contributed by atoms with Gasteiger partial charge in [0.2, 0.25) is 0 Å². The van der Waals surface area contributed by atoms with E-state index in [9.17, 15) is 9.90 Å². The third-order valence-corrected chi connectivity index (χ3v) is 5.04. The molecule has 1 saturated heterocycles. The van der Waals surface area contributed by atoms with Gasteiger partial charge in [-0.25, -0.2) is 0 Å². The topological polar surface area (TPSA) is 79.2 Å². The molecule has 0 aromatic carbocycles. The number of allylic oxidation sites excluding steroid dienone is 2. The minimum atomic E-state index is -0.770. The van der Waals surface area contributed by atoms with Gasteiger partial charge in [-0.15, -0.1) is 6.58 Å². The lowest BCUT2D eigenvalue weighted by Gasteiger charge is -2.37. The van der Waals surface area contributed by atoms with E-state index in [4.69, 9.17) is 14.6 Å². The van der Waals surface area contributed by atoms with Crippen LogP contribution in [0, 0.1) is 5.92 Å². The molecule has 6 nitrogen and oxygen atoms in total. The fourth-order valence-electron chi connectivity index (χ4n) is 3.92. The van der Waals surface area contributed by atoms with Crippen LogP contribution in [0.4, 0.5) is 0 Å². The molecule has 0 spiro atoms. The molecule has 0 aromatic heterocycles. The monoisotopic (exact) mass is 353 g/mol. The van der Waals surface area contributed by atoms with Gasteiger partial charge < -0.3 is 19.7 Å². The van der Waals surface area contributed by atoms with Gasteiger partial charge in [0.05, 0.1) is 32.0 Å². The highest BCUT2D eigenvalue weighted by Gasteiger charge is 2.45. The number of carbonyl (C=O) groups is 1. The van der Waals surface area contributed by atoms with Gasteiger partial charge in [-0.3, -0.25) is 9.69 Å². The van der Waals surface area contributed by atoms with Gasteiger partial charge in [0, 0.05) is 37.9 Å². The average Bonchev–Trinajstić information content (AvgIpc) is 2.92. The van der Waals surface area contributed by atoms with Crippen molar-refractivity contribution in [2.45, 2.75) is 50.4 Å². The molecule has 6 heteroatoms. The van der Waals surface area contributed by atoms with Crippen molar-refractivity contribution in [3.05, 3.63) is 24.8 Å². The Morgan fingerprint density at radius 3 is 2.68 bits per heavy atom. The van der Waals surface area contributed by atoms with Crippen molar-refractivity contribution >= 4 is 5.97 Å². The fraction of sp³-hybridized carbons (Fsp3) is 0.737. The van der Waals surface area contributed by atoms with E-state index in [-0.39, 0.29) is 30.6 Å². The highest BCUT2D eigenvalue weighted by molar-refractivity contribution is 5.66. The van der Waals surface area contributed by atoms with Crippen molar-refractivity contribution in [2.75, 3.05) is 32.9 Å². The number of carboxylic acid groups (broad SMARTS) is 1. The van der Waals surface area contributed by atoms with Crippen LogP contribution in [-0.4, -0.2) is 72.2 Å². The van der Waals surface area contributed by atoms with Gasteiger partial charge in [0.25, 0.3) is 0 Å². The molecule has 0 aromatic rings. The predicted octanol–water partition coefficient (Wildman–Crippen LogP) is 1.84. The zero-order chi connectivity index (χ0) is 18.1. The second-order valence-electron chi connectivity index (χ2n) is 6.75. The largest absolute Gasteiger partial charge is 0.481 e. The summed E-state index contributed by atoms with van der Waals surface area (Å²) in [6.45, 7) is 7.33. The highest BCUT2D eigenvalue weighted by atomic mass is 16.5. The first-order valence-corrected chi connectivity index (χ1v) is 9.22. The summed E-state index contributed by atoms with van der Waals surface area (Å²) in [5.41, 5.74) is 0. The minimum absolute atomic E-state index is 0.0354. The lowest BCUT2D eigenvalue weighted by atomic mass is 9.93. The predicted molar refractivity (Wildman–Crippen MR) is 95.5 cm³/mol. The number of aliphatic hydroxyl groups is 1. The van der Waals surface area contributed by atoms with Crippen molar-refractivity contribution < 1.29 is 24.5 Å². The Bertz CT molecular complexity index is 447. The van der Waals surface area contributed by atoms with E-state index >= 15 is 0 Å². The van der Waals surface area contributed by atoms with Crippen molar-refractivity contribution in [2.24, 2.45) is 5.92 Å². The van der Waals surface area contributed by atoms with E-state index in [0.29, 0.717) is 32.7 Å². The fourth-order valence-corrected chi connectivity index (χ4v) is 3.92. The summed E-state index contributed by atoms with van der Waals surface area (Å²) in [5, 5.41) is 19.3. The maximum Gasteiger partial charge on any atom is 0.303 e. The van der Waals surface area contributed by atoms with E-state index < -0.39 is 5.97 Å². The number of carboxylic acids is 1. The molecule has 2 fully saturated rings. The average molecular weight is 353 g/mol. The van der Waals surface area contributed by atoms with Crippen molar-refractivity contribution in [3.63, 3.8) is 0 Å². The maximum absolute atomic E-state index is 10.6. The van der Waals surface area contributed by atoms with Crippen LogP contribution in [0.5, 0.6) is 0 Å². The third kappa shape index (κ3) is 6.22. The Morgan fingerprint density at radius 2 is 2.00 bits per heavy atom. The van der Waals surface area contributed by atoms with Gasteiger partial charge in [-0.05, 0) is 19.3 Å². The summed E-state index contributed by atoms with van der Waals surface area (Å²) < 4.78 is 11.4. The van der Waals surface area contributed by atoms with Crippen LogP contribution in [0.3, 0.4) is 0 Å². The van der Waals surface area contributed by atoms with Gasteiger partial charge in [0.1, 0.15) is 0 Å². The molecule has 2 N–H and O–H groups in total. The Kier molecular flexibility index (Phi) is 8.61. The summed E-state index contributed by atoms with van der Waals surface area (Å²) in [7, 11) is 0. The van der Waals surface area contributed by atoms with Gasteiger partial charge in [0.15, 0.2) is 0 Å². The van der Waals surface area contributed by atoms with E-state index in [0.717, 1.165) is 25.9 Å². The molecule has 0 radical (unpaired) electrons. The molecule has 2 aliphatic rings. The van der Waals surface area contributed by atoms with E-state index in [1.807, 2.05) is 6.08 Å². The van der Waals surface area contributed by atoms with E-state index in [1.54, 1.807) is 6.08 Å². The summed E-state index contributed by atoms with van der Waals surface area (Å²) in [6.07, 6.45) is 8.56. The third-order valence-electron chi connectivity index (χ3n) is 5.04. The Hall–Kier alpha value is -1.21. The van der Waals surface area contributed by atoms with Gasteiger partial charge in [-0.1, -0.05) is 18.2 Å². The standard InChI is InChI=1S/C19H31NO5/c1-2-11-25-17-14-16(21)19(20-9-12-24-13-10-20)15(17)7-5-3-4-6-8-18(22)23/h2-4,15-17,19,21H,1,5-14H2,(H,22,23)/t15-,16+,17-,19+/m0/s1. The molecule has 25 heavy (non-hydrogen) atoms. The molecule has 1 saturated carbocycles. The molecular weight excluding hydrogens is 322 g/mol. The SMILES string of the molecule is C=CCO[C@H]1C[C@@H](O)[C@H](N2CCOCC2)[C@H]1CCC=CCCC(=O)O. The second kappa shape index (κ2) is 10.7. The van der Waals surface area contributed by atoms with Crippen molar-refractivity contribution in [3.8, 4) is 0 Å². The van der Waals surface area contributed by atoms with Crippen molar-refractivity contribution in [1.29, 1.82) is 0 Å². The maximum atomic E-state index is 10.6. The van der Waals surface area contributed by atoms with E-state index in [1.165, 1.54) is 0 Å². The number of aliphatic hydroxyl groups excluding tert-OH is 1. The molecule has 0 bridgehead atoms. The van der Waals surface area contributed by atoms with Crippen LogP contribution >= 0.6 is 0 Å². The molecule has 1 aliphatic heterocycles. The van der Waals surface area contributed by atoms with Crippen LogP contribution in [0.15, 0.2) is 24.8 Å². The molecule has 0 unspecified atom stereocenters. The molecule has 4 atom stereocenters. The molecule has 2 rings (SSSR count). The molecule has 1 aliphatic carbocycles. The van der Waals surface area contributed by atoms with Gasteiger partial charge >= 0.3 is 5.97 Å². The van der Waals surface area contributed by atoms with Crippen LogP contribution in [0.25, 0.3) is 0 Å². The first-order valence-electron chi connectivity index (χ1n) is 9.22. The van der Waals surface area contributed by atoms with Crippen LogP contribution in [0.2, 0.25) is 0 Å². The summed E-state index contributed by atoms with van der Waals surface area (Å²) in [4.78, 5) is 12.9. The Balaban J connectivity index is 1.93. The lowest BCUT2D eigenvalue weighted by Crippen LogP contribution is -2.50. The zero-order valence-electron chi connectivity index (χ0n) is 14.9. The van der Waals surface area contributed by atoms with Gasteiger partial charge in [-0.2, -0.15) is 0 Å². The second-order valence-corrected chi connectivity index (χ2v) is 6.75. The summed E-state index contributed by atoms with van der Waals surface area (Å²) in [6, 6.07) is 0.103. The smallest absolute Gasteiger partial charge is 0.303 e. The Morgan fingerprint density at radius 1 is 1.28 bits per heavy atom. The van der Waals surface area contributed by atoms with Crippen molar-refractivity contribution in [1.82, 2.24) is 4.90 Å². The minimum Gasteiger partial charge on any atom is -0.481 e. The number of nitrogens with zero attached hydrogens (tertiary/aromatic N) is 1. The molecule has 1 heterocycles. The lowest BCUT2D eigenvalue weighted by molar-refractivity contribution is -0.136. The highest BCUT2D eigenvalue weighted by Crippen LogP contribution is 2.36. The molecule has 0 amide bonds. The molecular formula is C19H31NO5. The number of hydrogen-bond acceptors (Lipinski definition) is 5. The number of morpholine rings is 1. The van der Waals surface area contributed by atoms with Crippen LogP contribution in [-0.2, 0) is 14.3 Å². The summed E-state index contributed by atoms with van der Waals surface area (Å²) >= 11 is 0. The van der Waals surface area contributed by atoms with E-state index in [2.05, 4.69) is 17.6 Å². The first kappa shape index (κ1) is 20.1. The van der Waals surface area contributed by atoms with Crippen LogP contribution < -0.4 is 0 Å². The normalized spacial score (nSPS) is 30.8. The zero-order valence-corrected chi connectivity index (χ0v) is 14.9. The molecule has 142 valence electrons. The number of hydrogen-bond donors (Lipinski definition) is 2. The van der Waals surface area contributed by atoms with Crippen LogP contribution in [0.1, 0.15) is 32.1 Å². The number of rotatable bonds is 10. The summed E-state index contributed by atoms with van der Waals surface area (Å²) in [5.74, 6) is -0.508. The quantitative estimate of drug-likeness (QED) is 0.584. The number of ether oxygens (including phenoxy) is 2. The number of aliphatic carboxylic acids is 1. The Labute approximate surface area is 150 Å².